The number of hydrogen-bond donors (Lipinski definition) is 0. The van der Waals surface area contributed by atoms with Crippen LogP contribution in [0.2, 0.25) is 0 Å². The molecular weight excluding hydrogens is 378 g/mol. The second-order valence-corrected chi connectivity index (χ2v) is 8.24. The number of rotatable bonds is 6. The Balaban J connectivity index is 1.53. The Morgan fingerprint density at radius 2 is 2.13 bits per heavy atom. The lowest BCUT2D eigenvalue weighted by atomic mass is 9.96. The molecule has 0 aliphatic carbocycles. The van der Waals surface area contributed by atoms with Crippen LogP contribution < -0.4 is 4.90 Å². The Kier molecular flexibility index (Phi) is 6.57. The molecule has 0 N–H and O–H groups in total. The molecule has 0 radical (unpaired) electrons. The van der Waals surface area contributed by atoms with Crippen LogP contribution in [0.5, 0.6) is 0 Å². The Bertz CT molecular complexity index is 873. The van der Waals surface area contributed by atoms with E-state index in [9.17, 15) is 4.79 Å². The van der Waals surface area contributed by atoms with Crippen LogP contribution in [0.25, 0.3) is 0 Å². The number of aryl methyl sites for hydroxylation is 1. The van der Waals surface area contributed by atoms with E-state index in [1.165, 1.54) is 5.56 Å². The van der Waals surface area contributed by atoms with Gasteiger partial charge in [-0.1, -0.05) is 6.07 Å². The minimum Gasteiger partial charge on any atom is -0.375 e. The quantitative estimate of drug-likeness (QED) is 0.730. The maximum atomic E-state index is 12.3. The van der Waals surface area contributed by atoms with E-state index in [-0.39, 0.29) is 18.4 Å². The highest BCUT2D eigenvalue weighted by atomic mass is 16.5. The first-order valence-corrected chi connectivity index (χ1v) is 10.9. The summed E-state index contributed by atoms with van der Waals surface area (Å²) < 4.78 is 5.03. The van der Waals surface area contributed by atoms with Gasteiger partial charge in [0.05, 0.1) is 0 Å². The lowest BCUT2D eigenvalue weighted by molar-refractivity contribution is -0.136. The standard InChI is InChI=1S/C23H31N5O2/c1-17-20-9-6-12-27(14-10-19-8-3-4-11-24-19)23(20)26-22(25-17)18-7-5-13-28(15-18)21(29)16-30-2/h3-4,8,11,18H,5-7,9-10,12-16H2,1-2H3/t18-/m1/s1. The monoisotopic (exact) mass is 409 g/mol. The molecule has 0 bridgehead atoms. The summed E-state index contributed by atoms with van der Waals surface area (Å²) in [6, 6.07) is 6.07. The van der Waals surface area contributed by atoms with Gasteiger partial charge in [-0.25, -0.2) is 9.97 Å². The summed E-state index contributed by atoms with van der Waals surface area (Å²) in [4.78, 5) is 31.0. The van der Waals surface area contributed by atoms with E-state index in [1.807, 2.05) is 23.2 Å². The SMILES string of the molecule is COCC(=O)N1CCC[C@@H](c2nc(C)c3c(n2)N(CCc2ccccn2)CCC3)C1. The summed E-state index contributed by atoms with van der Waals surface area (Å²) in [5.74, 6) is 2.20. The van der Waals surface area contributed by atoms with Crippen molar-refractivity contribution in [3.63, 3.8) is 0 Å². The molecule has 2 aliphatic rings. The molecule has 0 saturated carbocycles. The molecule has 0 spiro atoms. The summed E-state index contributed by atoms with van der Waals surface area (Å²) in [5, 5.41) is 0. The van der Waals surface area contributed by atoms with E-state index in [0.29, 0.717) is 6.54 Å². The van der Waals surface area contributed by atoms with Crippen LogP contribution in [0, 0.1) is 6.92 Å². The maximum Gasteiger partial charge on any atom is 0.248 e. The third kappa shape index (κ3) is 4.61. The zero-order chi connectivity index (χ0) is 20.9. The largest absolute Gasteiger partial charge is 0.375 e. The molecule has 2 aromatic rings. The van der Waals surface area contributed by atoms with E-state index < -0.39 is 0 Å². The number of nitrogens with zero attached hydrogens (tertiary/aromatic N) is 5. The van der Waals surface area contributed by atoms with Gasteiger partial charge in [-0.2, -0.15) is 0 Å². The normalized spacial score (nSPS) is 18.9. The topological polar surface area (TPSA) is 71.5 Å². The Morgan fingerprint density at radius 3 is 2.93 bits per heavy atom. The highest BCUT2D eigenvalue weighted by Gasteiger charge is 2.29. The molecule has 1 atom stereocenters. The minimum atomic E-state index is 0.0499. The van der Waals surface area contributed by atoms with E-state index in [4.69, 9.17) is 14.7 Å². The van der Waals surface area contributed by atoms with E-state index in [1.54, 1.807) is 7.11 Å². The minimum absolute atomic E-state index is 0.0499. The molecule has 0 unspecified atom stereocenters. The van der Waals surface area contributed by atoms with Crippen molar-refractivity contribution >= 4 is 11.7 Å². The van der Waals surface area contributed by atoms with Gasteiger partial charge in [0.15, 0.2) is 0 Å². The van der Waals surface area contributed by atoms with Gasteiger partial charge < -0.3 is 14.5 Å². The molecular formula is C23H31N5O2. The van der Waals surface area contributed by atoms with Crippen molar-refractivity contribution < 1.29 is 9.53 Å². The number of pyridine rings is 1. The van der Waals surface area contributed by atoms with Gasteiger partial charge in [-0.15, -0.1) is 0 Å². The number of aromatic nitrogens is 3. The molecule has 2 aliphatic heterocycles. The smallest absolute Gasteiger partial charge is 0.248 e. The van der Waals surface area contributed by atoms with Crippen LogP contribution in [0.4, 0.5) is 5.82 Å². The van der Waals surface area contributed by atoms with Gasteiger partial charge in [0, 0.05) is 68.8 Å². The highest BCUT2D eigenvalue weighted by molar-refractivity contribution is 5.77. The van der Waals surface area contributed by atoms with Crippen molar-refractivity contribution in [2.75, 3.05) is 44.8 Å². The fraction of sp³-hybridized carbons (Fsp3) is 0.565. The maximum absolute atomic E-state index is 12.3. The molecule has 160 valence electrons. The van der Waals surface area contributed by atoms with Crippen LogP contribution in [0.3, 0.4) is 0 Å². The van der Waals surface area contributed by atoms with E-state index in [0.717, 1.165) is 74.8 Å². The molecule has 7 nitrogen and oxygen atoms in total. The number of fused-ring (bicyclic) bond motifs is 1. The van der Waals surface area contributed by atoms with Gasteiger partial charge in [0.25, 0.3) is 0 Å². The first kappa shape index (κ1) is 20.7. The summed E-state index contributed by atoms with van der Waals surface area (Å²) in [6.45, 7) is 5.62. The molecule has 1 amide bonds. The average molecular weight is 410 g/mol. The number of carbonyl (C=O) groups excluding carboxylic acids is 1. The van der Waals surface area contributed by atoms with Crippen LogP contribution >= 0.6 is 0 Å². The molecule has 7 heteroatoms. The summed E-state index contributed by atoms with van der Waals surface area (Å²) in [7, 11) is 1.56. The first-order valence-electron chi connectivity index (χ1n) is 10.9. The number of piperidine rings is 1. The third-order valence-electron chi connectivity index (χ3n) is 6.13. The van der Waals surface area contributed by atoms with Crippen molar-refractivity contribution in [1.29, 1.82) is 0 Å². The number of carbonyl (C=O) groups is 1. The molecule has 4 heterocycles. The number of methoxy groups -OCH3 is 1. The van der Waals surface area contributed by atoms with Gasteiger partial charge >= 0.3 is 0 Å². The van der Waals surface area contributed by atoms with Gasteiger partial charge in [-0.3, -0.25) is 9.78 Å². The molecule has 4 rings (SSSR count). The molecule has 30 heavy (non-hydrogen) atoms. The van der Waals surface area contributed by atoms with Crippen molar-refractivity contribution in [3.05, 3.63) is 47.2 Å². The zero-order valence-electron chi connectivity index (χ0n) is 18.0. The lowest BCUT2D eigenvalue weighted by Crippen LogP contribution is -2.41. The number of amides is 1. The molecule has 0 aromatic carbocycles. The Hall–Kier alpha value is -2.54. The van der Waals surface area contributed by atoms with Gasteiger partial charge in [0.2, 0.25) is 5.91 Å². The molecule has 1 saturated heterocycles. The van der Waals surface area contributed by atoms with E-state index in [2.05, 4.69) is 22.9 Å². The van der Waals surface area contributed by atoms with Crippen molar-refractivity contribution in [1.82, 2.24) is 19.9 Å². The second-order valence-electron chi connectivity index (χ2n) is 8.24. The average Bonchev–Trinajstić information content (AvgIpc) is 2.78. The lowest BCUT2D eigenvalue weighted by Gasteiger charge is -2.34. The number of likely N-dealkylation sites (tertiary alicyclic amines) is 1. The van der Waals surface area contributed by atoms with Crippen molar-refractivity contribution in [2.24, 2.45) is 0 Å². The van der Waals surface area contributed by atoms with Crippen LogP contribution in [0.1, 0.15) is 48.0 Å². The van der Waals surface area contributed by atoms with Gasteiger partial charge in [0.1, 0.15) is 18.2 Å². The fourth-order valence-corrected chi connectivity index (χ4v) is 4.53. The number of ether oxygens (including phenoxy) is 1. The third-order valence-corrected chi connectivity index (χ3v) is 6.13. The summed E-state index contributed by atoms with van der Waals surface area (Å²) in [5.41, 5.74) is 3.46. The van der Waals surface area contributed by atoms with Crippen LogP contribution in [-0.4, -0.2) is 65.7 Å². The number of hydrogen-bond acceptors (Lipinski definition) is 6. The van der Waals surface area contributed by atoms with Gasteiger partial charge in [-0.05, 0) is 44.7 Å². The second kappa shape index (κ2) is 9.51. The first-order chi connectivity index (χ1) is 14.7. The number of anilines is 1. The molecule has 1 fully saturated rings. The summed E-state index contributed by atoms with van der Waals surface area (Å²) in [6.07, 6.45) is 6.91. The molecule has 2 aromatic heterocycles. The fourth-order valence-electron chi connectivity index (χ4n) is 4.53. The van der Waals surface area contributed by atoms with Crippen molar-refractivity contribution in [3.8, 4) is 0 Å². The predicted molar refractivity (Wildman–Crippen MR) is 116 cm³/mol. The Morgan fingerprint density at radius 1 is 1.23 bits per heavy atom. The van der Waals surface area contributed by atoms with Crippen LogP contribution in [-0.2, 0) is 22.4 Å². The van der Waals surface area contributed by atoms with Crippen LogP contribution in [0.15, 0.2) is 24.4 Å². The Labute approximate surface area is 178 Å². The van der Waals surface area contributed by atoms with Crippen molar-refractivity contribution in [2.45, 2.75) is 44.9 Å². The summed E-state index contributed by atoms with van der Waals surface area (Å²) >= 11 is 0. The predicted octanol–water partition coefficient (Wildman–Crippen LogP) is 2.53. The zero-order valence-corrected chi connectivity index (χ0v) is 18.0. The van der Waals surface area contributed by atoms with E-state index >= 15 is 0 Å². The highest BCUT2D eigenvalue weighted by Crippen LogP contribution is 2.31.